The van der Waals surface area contributed by atoms with Crippen LogP contribution < -0.4 is 4.74 Å². The molecule has 7 nitrogen and oxygen atoms in total. The number of aryl methyl sites for hydroxylation is 1. The fourth-order valence-corrected chi connectivity index (χ4v) is 5.21. The molecule has 9 heteroatoms. The van der Waals surface area contributed by atoms with Gasteiger partial charge in [-0.3, -0.25) is 4.79 Å². The first-order chi connectivity index (χ1) is 16.5. The Hall–Kier alpha value is -3.03. The van der Waals surface area contributed by atoms with Crippen molar-refractivity contribution < 1.29 is 9.53 Å². The Labute approximate surface area is 207 Å². The SMILES string of the molecule is CCc1nc(C(=O)N2CCC(c3c[nH]c4ccc(OC)cc34)CC2)nn1-c1c(Cl)cccc1Cl. The van der Waals surface area contributed by atoms with Crippen LogP contribution in [0.15, 0.2) is 42.6 Å². The van der Waals surface area contributed by atoms with Crippen molar-refractivity contribution in [2.24, 2.45) is 0 Å². The highest BCUT2D eigenvalue weighted by Crippen LogP contribution is 2.35. The molecule has 0 atom stereocenters. The maximum atomic E-state index is 13.3. The van der Waals surface area contributed by atoms with Gasteiger partial charge in [0.15, 0.2) is 0 Å². The highest BCUT2D eigenvalue weighted by atomic mass is 35.5. The number of hydrogen-bond acceptors (Lipinski definition) is 4. The largest absolute Gasteiger partial charge is 0.497 e. The first kappa shape index (κ1) is 22.7. The van der Waals surface area contributed by atoms with Gasteiger partial charge in [0.1, 0.15) is 17.3 Å². The summed E-state index contributed by atoms with van der Waals surface area (Å²) < 4.78 is 6.99. The van der Waals surface area contributed by atoms with Crippen molar-refractivity contribution in [3.63, 3.8) is 0 Å². The van der Waals surface area contributed by atoms with Crippen LogP contribution >= 0.6 is 23.2 Å². The third-order valence-electron chi connectivity index (χ3n) is 6.47. The number of benzene rings is 2. The van der Waals surface area contributed by atoms with Crippen molar-refractivity contribution >= 4 is 40.0 Å². The van der Waals surface area contributed by atoms with Crippen LogP contribution in [0.2, 0.25) is 10.0 Å². The summed E-state index contributed by atoms with van der Waals surface area (Å²) in [6.45, 7) is 3.24. The van der Waals surface area contributed by atoms with Gasteiger partial charge in [-0.25, -0.2) is 9.67 Å². The highest BCUT2D eigenvalue weighted by Gasteiger charge is 2.29. The molecule has 0 spiro atoms. The van der Waals surface area contributed by atoms with Crippen LogP contribution in [0.1, 0.15) is 47.7 Å². The summed E-state index contributed by atoms with van der Waals surface area (Å²) in [5.41, 5.74) is 2.90. The lowest BCUT2D eigenvalue weighted by Crippen LogP contribution is -2.38. The number of H-pyrrole nitrogens is 1. The zero-order chi connectivity index (χ0) is 23.8. The monoisotopic (exact) mass is 497 g/mol. The smallest absolute Gasteiger partial charge is 0.293 e. The Morgan fingerprint density at radius 3 is 2.59 bits per heavy atom. The quantitative estimate of drug-likeness (QED) is 0.386. The normalized spacial score (nSPS) is 14.6. The number of hydrogen-bond donors (Lipinski definition) is 1. The molecule has 5 rings (SSSR count). The fourth-order valence-electron chi connectivity index (χ4n) is 4.66. The number of ether oxygens (including phenoxy) is 1. The number of fused-ring (bicyclic) bond motifs is 1. The zero-order valence-corrected chi connectivity index (χ0v) is 20.5. The van der Waals surface area contributed by atoms with E-state index in [0.717, 1.165) is 24.1 Å². The van der Waals surface area contributed by atoms with E-state index in [1.54, 1.807) is 30.0 Å². The van der Waals surface area contributed by atoms with Gasteiger partial charge >= 0.3 is 0 Å². The summed E-state index contributed by atoms with van der Waals surface area (Å²) in [5.74, 6) is 1.84. The van der Waals surface area contributed by atoms with E-state index in [9.17, 15) is 4.79 Å². The Morgan fingerprint density at radius 1 is 1.18 bits per heavy atom. The minimum absolute atomic E-state index is 0.170. The van der Waals surface area contributed by atoms with Gasteiger partial charge in [-0.05, 0) is 54.7 Å². The van der Waals surface area contributed by atoms with Gasteiger partial charge in [0.2, 0.25) is 5.82 Å². The topological polar surface area (TPSA) is 76.0 Å². The second-order valence-electron chi connectivity index (χ2n) is 8.41. The molecule has 34 heavy (non-hydrogen) atoms. The van der Waals surface area contributed by atoms with E-state index in [0.29, 0.717) is 47.0 Å². The number of carbonyl (C=O) groups is 1. The second-order valence-corrected chi connectivity index (χ2v) is 9.22. The molecule has 1 fully saturated rings. The van der Waals surface area contributed by atoms with Gasteiger partial charge in [0.05, 0.1) is 17.2 Å². The van der Waals surface area contributed by atoms with E-state index in [4.69, 9.17) is 27.9 Å². The number of aromatic amines is 1. The van der Waals surface area contributed by atoms with Crippen LogP contribution in [0.3, 0.4) is 0 Å². The molecule has 1 saturated heterocycles. The van der Waals surface area contributed by atoms with Gasteiger partial charge in [-0.1, -0.05) is 36.2 Å². The molecule has 2 aromatic heterocycles. The second kappa shape index (κ2) is 9.31. The number of nitrogens with zero attached hydrogens (tertiary/aromatic N) is 4. The Bertz CT molecular complexity index is 1330. The van der Waals surface area contributed by atoms with Gasteiger partial charge in [-0.15, -0.1) is 5.10 Å². The van der Waals surface area contributed by atoms with Crippen molar-refractivity contribution in [1.82, 2.24) is 24.6 Å². The standard InChI is InChI=1S/C25H25Cl2N5O2/c1-3-22-29-24(30-32(22)23-19(26)5-4-6-20(23)27)25(33)31-11-9-15(10-12-31)18-14-28-21-8-7-16(34-2)13-17(18)21/h4-8,13-15,28H,3,9-12H2,1-2H3. The number of halogens is 2. The molecule has 0 bridgehead atoms. The Morgan fingerprint density at radius 2 is 1.91 bits per heavy atom. The Kier molecular flexibility index (Phi) is 6.23. The van der Waals surface area contributed by atoms with E-state index >= 15 is 0 Å². The summed E-state index contributed by atoms with van der Waals surface area (Å²) in [6.07, 6.45) is 4.41. The van der Waals surface area contributed by atoms with Crippen molar-refractivity contribution in [3.8, 4) is 11.4 Å². The molecular weight excluding hydrogens is 473 g/mol. The minimum Gasteiger partial charge on any atom is -0.497 e. The minimum atomic E-state index is -0.171. The number of rotatable bonds is 5. The number of methoxy groups -OCH3 is 1. The van der Waals surface area contributed by atoms with Crippen LogP contribution in [-0.2, 0) is 6.42 Å². The molecule has 2 aromatic carbocycles. The molecule has 176 valence electrons. The van der Waals surface area contributed by atoms with Gasteiger partial charge < -0.3 is 14.6 Å². The van der Waals surface area contributed by atoms with E-state index in [1.165, 1.54) is 10.9 Å². The average molecular weight is 498 g/mol. The predicted molar refractivity (Wildman–Crippen MR) is 133 cm³/mol. The molecule has 4 aromatic rings. The highest BCUT2D eigenvalue weighted by molar-refractivity contribution is 6.37. The molecule has 1 amide bonds. The molecule has 0 saturated carbocycles. The van der Waals surface area contributed by atoms with E-state index in [1.807, 2.05) is 24.0 Å². The summed E-state index contributed by atoms with van der Waals surface area (Å²) in [6, 6.07) is 11.3. The van der Waals surface area contributed by atoms with Crippen LogP contribution in [-0.4, -0.2) is 50.8 Å². The van der Waals surface area contributed by atoms with Crippen LogP contribution in [0.5, 0.6) is 5.75 Å². The number of para-hydroxylation sites is 1. The van der Waals surface area contributed by atoms with Crippen molar-refractivity contribution in [3.05, 3.63) is 69.9 Å². The van der Waals surface area contributed by atoms with E-state index < -0.39 is 0 Å². The maximum absolute atomic E-state index is 13.3. The zero-order valence-electron chi connectivity index (χ0n) is 19.0. The summed E-state index contributed by atoms with van der Waals surface area (Å²) in [7, 11) is 1.68. The van der Waals surface area contributed by atoms with Crippen molar-refractivity contribution in [2.45, 2.75) is 32.1 Å². The van der Waals surface area contributed by atoms with E-state index in [-0.39, 0.29) is 11.7 Å². The summed E-state index contributed by atoms with van der Waals surface area (Å²) in [4.78, 5) is 23.0. The summed E-state index contributed by atoms with van der Waals surface area (Å²) >= 11 is 12.8. The van der Waals surface area contributed by atoms with Crippen LogP contribution in [0.25, 0.3) is 16.6 Å². The molecule has 1 aliphatic rings. The number of piperidine rings is 1. The lowest BCUT2D eigenvalue weighted by atomic mass is 9.89. The molecule has 3 heterocycles. The van der Waals surface area contributed by atoms with Gasteiger partial charge in [0, 0.05) is 36.6 Å². The molecule has 1 N–H and O–H groups in total. The van der Waals surface area contributed by atoms with E-state index in [2.05, 4.69) is 27.3 Å². The molecule has 0 unspecified atom stereocenters. The number of likely N-dealkylation sites (tertiary alicyclic amines) is 1. The lowest BCUT2D eigenvalue weighted by molar-refractivity contribution is 0.0701. The van der Waals surface area contributed by atoms with Crippen molar-refractivity contribution in [2.75, 3.05) is 20.2 Å². The van der Waals surface area contributed by atoms with Crippen molar-refractivity contribution in [1.29, 1.82) is 0 Å². The maximum Gasteiger partial charge on any atom is 0.293 e. The number of nitrogens with one attached hydrogen (secondary N) is 1. The fraction of sp³-hybridized carbons (Fsp3) is 0.320. The molecule has 1 aliphatic heterocycles. The average Bonchev–Trinajstić information content (AvgIpc) is 3.47. The van der Waals surface area contributed by atoms with Crippen LogP contribution in [0.4, 0.5) is 0 Å². The molecule has 0 radical (unpaired) electrons. The number of aromatic nitrogens is 4. The Balaban J connectivity index is 1.34. The van der Waals surface area contributed by atoms with Crippen LogP contribution in [0, 0.1) is 0 Å². The van der Waals surface area contributed by atoms with Gasteiger partial charge in [-0.2, -0.15) is 0 Å². The number of amides is 1. The first-order valence-corrected chi connectivity index (χ1v) is 12.1. The third-order valence-corrected chi connectivity index (χ3v) is 7.08. The van der Waals surface area contributed by atoms with Gasteiger partial charge in [0.25, 0.3) is 5.91 Å². The summed E-state index contributed by atoms with van der Waals surface area (Å²) in [5, 5.41) is 6.60. The predicted octanol–water partition coefficient (Wildman–Crippen LogP) is 5.65. The molecular formula is C25H25Cl2N5O2. The number of carbonyl (C=O) groups excluding carboxylic acids is 1. The lowest BCUT2D eigenvalue weighted by Gasteiger charge is -2.31. The third kappa shape index (κ3) is 4.03. The first-order valence-electron chi connectivity index (χ1n) is 11.3. The molecule has 0 aliphatic carbocycles.